The van der Waals surface area contributed by atoms with E-state index in [9.17, 15) is 4.79 Å². The van der Waals surface area contributed by atoms with Crippen molar-refractivity contribution in [2.45, 2.75) is 19.3 Å². The lowest BCUT2D eigenvalue weighted by molar-refractivity contribution is 0.187. The Morgan fingerprint density at radius 2 is 1.85 bits per heavy atom. The Hall–Kier alpha value is -2.59. The summed E-state index contributed by atoms with van der Waals surface area (Å²) >= 11 is 0. The number of hydrogen-bond acceptors (Lipinski definition) is 3. The molecule has 1 amide bonds. The molecule has 3 rings (SSSR count). The molecule has 1 aliphatic carbocycles. The van der Waals surface area contributed by atoms with Crippen LogP contribution in [0.4, 0.5) is 10.5 Å². The number of carbonyl (C=O) groups excluding carboxylic acids is 1. The van der Waals surface area contributed by atoms with E-state index in [1.165, 1.54) is 34.9 Å². The number of benzene rings is 2. The Bertz CT molecular complexity index is 825. The molecule has 4 nitrogen and oxygen atoms in total. The number of nitrogens with one attached hydrogen (secondary N) is 1. The normalized spacial score (nSPS) is 14.5. The predicted molar refractivity (Wildman–Crippen MR) is 107 cm³/mol. The molecule has 0 radical (unpaired) electrons. The second kappa shape index (κ2) is 8.19. The van der Waals surface area contributed by atoms with E-state index in [0.717, 1.165) is 31.5 Å². The van der Waals surface area contributed by atoms with Crippen LogP contribution < -0.4 is 5.32 Å². The van der Waals surface area contributed by atoms with E-state index in [0.29, 0.717) is 0 Å². The maximum atomic E-state index is 11.6. The van der Waals surface area contributed by atoms with Gasteiger partial charge in [0, 0.05) is 12.2 Å². The molecule has 136 valence electrons. The second-order valence-electron chi connectivity index (χ2n) is 6.86. The third kappa shape index (κ3) is 4.14. The number of fused-ring (bicyclic) bond motifs is 2. The average Bonchev–Trinajstić information content (AvgIpc) is 2.79. The highest BCUT2D eigenvalue weighted by molar-refractivity contribution is 5.89. The quantitative estimate of drug-likeness (QED) is 0.891. The van der Waals surface area contributed by atoms with Gasteiger partial charge >= 0.3 is 6.09 Å². The molecule has 0 bridgehead atoms. The van der Waals surface area contributed by atoms with Gasteiger partial charge in [-0.2, -0.15) is 0 Å². The minimum Gasteiger partial charge on any atom is -0.453 e. The van der Waals surface area contributed by atoms with Crippen molar-refractivity contribution in [1.29, 1.82) is 0 Å². The van der Waals surface area contributed by atoms with E-state index < -0.39 is 6.09 Å². The first kappa shape index (κ1) is 18.2. The molecule has 0 aliphatic heterocycles. The number of anilines is 1. The standard InChI is InChI=1S/C22H26N2O2/c1-24(2)14-6-9-20-19-8-5-4-7-16(19)10-11-17-12-13-18(15-21(17)20)23-22(25)26-3/h4-5,7-9,12-13,15H,6,10-11,14H2,1-3H3,(H,23,25)/b20-9-. The van der Waals surface area contributed by atoms with Crippen LogP contribution in [0.1, 0.15) is 28.7 Å². The molecule has 0 spiro atoms. The Morgan fingerprint density at radius 3 is 2.58 bits per heavy atom. The van der Waals surface area contributed by atoms with Gasteiger partial charge in [0.2, 0.25) is 0 Å². The number of amides is 1. The van der Waals surface area contributed by atoms with Crippen LogP contribution in [0.3, 0.4) is 0 Å². The minimum absolute atomic E-state index is 0.447. The molecule has 2 aromatic rings. The predicted octanol–water partition coefficient (Wildman–Crippen LogP) is 4.35. The van der Waals surface area contributed by atoms with Crippen molar-refractivity contribution < 1.29 is 9.53 Å². The van der Waals surface area contributed by atoms with E-state index >= 15 is 0 Å². The summed E-state index contributed by atoms with van der Waals surface area (Å²) in [4.78, 5) is 13.8. The van der Waals surface area contributed by atoms with Gasteiger partial charge < -0.3 is 9.64 Å². The minimum atomic E-state index is -0.447. The first-order chi connectivity index (χ1) is 12.6. The first-order valence-corrected chi connectivity index (χ1v) is 9.00. The summed E-state index contributed by atoms with van der Waals surface area (Å²) in [6, 6.07) is 14.8. The third-order valence-corrected chi connectivity index (χ3v) is 4.73. The zero-order valence-electron chi connectivity index (χ0n) is 15.7. The Morgan fingerprint density at radius 1 is 1.12 bits per heavy atom. The van der Waals surface area contributed by atoms with E-state index in [-0.39, 0.29) is 0 Å². The Kier molecular flexibility index (Phi) is 5.74. The zero-order valence-corrected chi connectivity index (χ0v) is 15.7. The van der Waals surface area contributed by atoms with Crippen LogP contribution in [0.15, 0.2) is 48.5 Å². The van der Waals surface area contributed by atoms with Crippen LogP contribution in [0.2, 0.25) is 0 Å². The van der Waals surface area contributed by atoms with E-state index in [1.807, 2.05) is 6.07 Å². The molecule has 0 atom stereocenters. The lowest BCUT2D eigenvalue weighted by Gasteiger charge is -2.15. The van der Waals surface area contributed by atoms with E-state index in [1.54, 1.807) is 0 Å². The van der Waals surface area contributed by atoms with Gasteiger partial charge in [0.25, 0.3) is 0 Å². The molecule has 0 heterocycles. The zero-order chi connectivity index (χ0) is 18.5. The molecule has 0 saturated heterocycles. The van der Waals surface area contributed by atoms with Crippen molar-refractivity contribution in [3.63, 3.8) is 0 Å². The highest BCUT2D eigenvalue weighted by atomic mass is 16.5. The van der Waals surface area contributed by atoms with Gasteiger partial charge in [-0.25, -0.2) is 4.79 Å². The molecular formula is C22H26N2O2. The van der Waals surface area contributed by atoms with Crippen molar-refractivity contribution in [2.24, 2.45) is 0 Å². The lowest BCUT2D eigenvalue weighted by atomic mass is 9.93. The number of ether oxygens (including phenoxy) is 1. The third-order valence-electron chi connectivity index (χ3n) is 4.73. The maximum absolute atomic E-state index is 11.6. The topological polar surface area (TPSA) is 41.6 Å². The van der Waals surface area contributed by atoms with Gasteiger partial charge in [-0.1, -0.05) is 36.4 Å². The maximum Gasteiger partial charge on any atom is 0.411 e. The fourth-order valence-electron chi connectivity index (χ4n) is 3.39. The van der Waals surface area contributed by atoms with E-state index in [4.69, 9.17) is 4.74 Å². The van der Waals surface area contributed by atoms with Gasteiger partial charge in [-0.15, -0.1) is 0 Å². The second-order valence-corrected chi connectivity index (χ2v) is 6.86. The summed E-state index contributed by atoms with van der Waals surface area (Å²) in [6.45, 7) is 1.00. The summed E-state index contributed by atoms with van der Waals surface area (Å²) < 4.78 is 4.73. The van der Waals surface area contributed by atoms with Gasteiger partial charge in [0.15, 0.2) is 0 Å². The number of carbonyl (C=O) groups is 1. The lowest BCUT2D eigenvalue weighted by Crippen LogP contribution is -2.12. The number of nitrogens with zero attached hydrogens (tertiary/aromatic N) is 1. The van der Waals surface area contributed by atoms with Crippen LogP contribution in [-0.2, 0) is 17.6 Å². The van der Waals surface area contributed by atoms with Crippen molar-refractivity contribution in [3.8, 4) is 0 Å². The van der Waals surface area contributed by atoms with Crippen LogP contribution >= 0.6 is 0 Å². The number of methoxy groups -OCH3 is 1. The van der Waals surface area contributed by atoms with Gasteiger partial charge in [0.05, 0.1) is 7.11 Å². The number of hydrogen-bond donors (Lipinski definition) is 1. The van der Waals surface area contributed by atoms with Crippen molar-refractivity contribution >= 4 is 17.4 Å². The number of aryl methyl sites for hydroxylation is 2. The van der Waals surface area contributed by atoms with E-state index in [2.05, 4.69) is 66.8 Å². The largest absolute Gasteiger partial charge is 0.453 e. The van der Waals surface area contributed by atoms with Gasteiger partial charge in [-0.05, 0) is 73.3 Å². The monoisotopic (exact) mass is 350 g/mol. The van der Waals surface area contributed by atoms with Crippen molar-refractivity contribution in [2.75, 3.05) is 33.1 Å². The summed E-state index contributed by atoms with van der Waals surface area (Å²) in [7, 11) is 5.55. The fraction of sp³-hybridized carbons (Fsp3) is 0.318. The SMILES string of the molecule is COC(=O)Nc1ccc2c(c1)/C(=C\CCN(C)C)c1ccccc1CC2. The van der Waals surface area contributed by atoms with Crippen LogP contribution in [-0.4, -0.2) is 38.7 Å². The summed E-state index contributed by atoms with van der Waals surface area (Å²) in [5.41, 5.74) is 7.19. The fourth-order valence-corrected chi connectivity index (χ4v) is 3.39. The Balaban J connectivity index is 2.05. The van der Waals surface area contributed by atoms with Crippen LogP contribution in [0, 0.1) is 0 Å². The average molecular weight is 350 g/mol. The van der Waals surface area contributed by atoms with Crippen LogP contribution in [0.5, 0.6) is 0 Å². The molecule has 2 aromatic carbocycles. The van der Waals surface area contributed by atoms with Crippen LogP contribution in [0.25, 0.3) is 5.57 Å². The molecule has 4 heteroatoms. The highest BCUT2D eigenvalue weighted by Crippen LogP contribution is 2.35. The number of rotatable bonds is 4. The van der Waals surface area contributed by atoms with Crippen molar-refractivity contribution in [1.82, 2.24) is 4.90 Å². The molecule has 0 unspecified atom stereocenters. The first-order valence-electron chi connectivity index (χ1n) is 9.00. The molecular weight excluding hydrogens is 324 g/mol. The smallest absolute Gasteiger partial charge is 0.411 e. The Labute approximate surface area is 155 Å². The molecule has 0 aromatic heterocycles. The molecule has 0 fully saturated rings. The van der Waals surface area contributed by atoms with Gasteiger partial charge in [-0.3, -0.25) is 5.32 Å². The molecule has 1 aliphatic rings. The molecule has 0 saturated carbocycles. The summed E-state index contributed by atoms with van der Waals surface area (Å²) in [5, 5.41) is 2.78. The summed E-state index contributed by atoms with van der Waals surface area (Å²) in [5.74, 6) is 0. The van der Waals surface area contributed by atoms with Crippen molar-refractivity contribution in [3.05, 3.63) is 70.8 Å². The molecule has 26 heavy (non-hydrogen) atoms. The summed E-state index contributed by atoms with van der Waals surface area (Å²) in [6.07, 6.45) is 4.88. The molecule has 1 N–H and O–H groups in total. The van der Waals surface area contributed by atoms with Gasteiger partial charge in [0.1, 0.15) is 0 Å². The highest BCUT2D eigenvalue weighted by Gasteiger charge is 2.18.